The summed E-state index contributed by atoms with van der Waals surface area (Å²) in [6.07, 6.45) is 0. The highest BCUT2D eigenvalue weighted by Crippen LogP contribution is 2.26. The number of esters is 1. The molecule has 0 spiro atoms. The predicted molar refractivity (Wildman–Crippen MR) is 57.7 cm³/mol. The summed E-state index contributed by atoms with van der Waals surface area (Å²) in [6, 6.07) is 1.28. The van der Waals surface area contributed by atoms with Crippen molar-refractivity contribution in [1.82, 2.24) is 10.1 Å². The quantitative estimate of drug-likeness (QED) is 0.640. The Morgan fingerprint density at radius 2 is 2.50 bits per heavy atom. The fourth-order valence-electron chi connectivity index (χ4n) is 1.21. The number of hydrogen-bond acceptors (Lipinski definition) is 6. The molecule has 0 atom stereocenters. The van der Waals surface area contributed by atoms with Crippen molar-refractivity contribution >= 4 is 34.3 Å². The fraction of sp³-hybridized carbons (Fsp3) is 0.222. The zero-order valence-electron chi connectivity index (χ0n) is 11.1. The lowest BCUT2D eigenvalue weighted by Gasteiger charge is -2.00. The number of nitrogens with zero attached hydrogens (tertiary/aromatic N) is 2. The normalized spacial score (nSPS) is 14.0. The molecule has 0 radical (unpaired) electrons. The second kappa shape index (κ2) is 3.97. The minimum Gasteiger partial charge on any atom is -0.463 e. The Bertz CT molecular complexity index is 641. The Labute approximate surface area is 99.7 Å². The summed E-state index contributed by atoms with van der Waals surface area (Å²) in [5, 5.41) is 5.83. The summed E-state index contributed by atoms with van der Waals surface area (Å²) in [5.74, 6) is -1.02. The van der Waals surface area contributed by atoms with E-state index in [0.29, 0.717) is 0 Å². The maximum Gasteiger partial charge on any atom is 0.379 e. The van der Waals surface area contributed by atoms with E-state index in [2.05, 4.69) is 20.2 Å². The van der Waals surface area contributed by atoms with Crippen LogP contribution < -0.4 is 5.32 Å². The van der Waals surface area contributed by atoms with Crippen LogP contribution in [-0.2, 0) is 4.74 Å². The van der Waals surface area contributed by atoms with Gasteiger partial charge in [-0.1, -0.05) is 16.8 Å². The Hall–Kier alpha value is -1.82. The number of carbonyl (C=O) groups excluding carboxylic acids is 1. The molecule has 6 nitrogen and oxygen atoms in total. The minimum absolute atomic E-state index is 0.00685. The molecular formula is C9H8ClN3O3. The van der Waals surface area contributed by atoms with Gasteiger partial charge in [0.25, 0.3) is 5.76 Å². The molecule has 2 aromatic rings. The van der Waals surface area contributed by atoms with E-state index in [1.165, 1.54) is 13.2 Å². The van der Waals surface area contributed by atoms with Crippen LogP contribution in [0.5, 0.6) is 0 Å². The number of ether oxygens (including phenoxy) is 1. The van der Waals surface area contributed by atoms with E-state index in [1.54, 1.807) is 0 Å². The Kier molecular flexibility index (Phi) is 1.85. The molecule has 84 valence electrons. The number of hydrogen-bond donors (Lipinski definition) is 1. The van der Waals surface area contributed by atoms with Crippen LogP contribution in [-0.4, -0.2) is 30.2 Å². The van der Waals surface area contributed by atoms with E-state index >= 15 is 0 Å². The van der Waals surface area contributed by atoms with Gasteiger partial charge in [0.05, 0.1) is 12.8 Å². The number of rotatable bonds is 2. The van der Waals surface area contributed by atoms with Crippen LogP contribution in [0.2, 0.25) is 5.15 Å². The molecule has 0 saturated carbocycles. The molecule has 2 rings (SSSR count). The van der Waals surface area contributed by atoms with Crippen molar-refractivity contribution < 1.29 is 18.2 Å². The van der Waals surface area contributed by atoms with Crippen LogP contribution in [0.25, 0.3) is 11.0 Å². The zero-order chi connectivity index (χ0) is 14.2. The first-order valence-electron chi connectivity index (χ1n) is 5.64. The first-order chi connectivity index (χ1) is 8.81. The number of carbonyl (C=O) groups is 1. The van der Waals surface area contributed by atoms with Gasteiger partial charge >= 0.3 is 5.97 Å². The van der Waals surface area contributed by atoms with Gasteiger partial charge in [-0.3, -0.25) is 0 Å². The highest BCUT2D eigenvalue weighted by Gasteiger charge is 2.21. The average Bonchev–Trinajstić information content (AvgIpc) is 2.69. The largest absolute Gasteiger partial charge is 0.463 e. The van der Waals surface area contributed by atoms with E-state index in [1.807, 2.05) is 0 Å². The van der Waals surface area contributed by atoms with E-state index in [-0.39, 0.29) is 27.6 Å². The zero-order valence-corrected chi connectivity index (χ0v) is 8.83. The van der Waals surface area contributed by atoms with Crippen molar-refractivity contribution in [1.29, 1.82) is 0 Å². The van der Waals surface area contributed by atoms with Gasteiger partial charge in [0.2, 0.25) is 0 Å². The summed E-state index contributed by atoms with van der Waals surface area (Å²) in [4.78, 5) is 15.3. The van der Waals surface area contributed by atoms with Crippen LogP contribution in [0.3, 0.4) is 0 Å². The monoisotopic (exact) mass is 244 g/mol. The summed E-state index contributed by atoms with van der Waals surface area (Å²) >= 11 is 5.77. The lowest BCUT2D eigenvalue weighted by Crippen LogP contribution is -2.00. The topological polar surface area (TPSA) is 77.2 Å². The molecule has 7 heteroatoms. The maximum atomic E-state index is 11.4. The highest BCUT2D eigenvalue weighted by atomic mass is 35.5. The van der Waals surface area contributed by atoms with E-state index in [0.717, 1.165) is 0 Å². The second-order valence-electron chi connectivity index (χ2n) is 2.82. The smallest absolute Gasteiger partial charge is 0.379 e. The van der Waals surface area contributed by atoms with Crippen molar-refractivity contribution in [3.8, 4) is 0 Å². The van der Waals surface area contributed by atoms with Crippen LogP contribution in [0.4, 0.5) is 5.69 Å². The maximum absolute atomic E-state index is 11.4. The third-order valence-corrected chi connectivity index (χ3v) is 2.10. The van der Waals surface area contributed by atoms with Gasteiger partial charge in [0, 0.05) is 17.2 Å². The molecule has 0 aromatic carbocycles. The number of anilines is 1. The fourth-order valence-corrected chi connectivity index (χ4v) is 1.41. The van der Waals surface area contributed by atoms with Crippen molar-refractivity contribution in [2.24, 2.45) is 0 Å². The SMILES string of the molecule is [2H]C([2H])([2H])Nc1cc(Cl)nc2c(C(=O)OC)onc12. The molecule has 0 saturated heterocycles. The first-order valence-corrected chi connectivity index (χ1v) is 4.52. The van der Waals surface area contributed by atoms with Gasteiger partial charge < -0.3 is 14.6 Å². The Balaban J connectivity index is 2.61. The van der Waals surface area contributed by atoms with E-state index < -0.39 is 12.9 Å². The Morgan fingerprint density at radius 3 is 3.19 bits per heavy atom. The van der Waals surface area contributed by atoms with Crippen LogP contribution >= 0.6 is 11.6 Å². The molecule has 0 aliphatic rings. The molecule has 1 N–H and O–H groups in total. The van der Waals surface area contributed by atoms with Gasteiger partial charge in [-0.05, 0) is 0 Å². The van der Waals surface area contributed by atoms with Crippen LogP contribution in [0.1, 0.15) is 14.7 Å². The van der Waals surface area contributed by atoms with Gasteiger partial charge in [-0.15, -0.1) is 0 Å². The third kappa shape index (κ3) is 1.57. The van der Waals surface area contributed by atoms with E-state index in [9.17, 15) is 4.79 Å². The van der Waals surface area contributed by atoms with Gasteiger partial charge in [0.1, 0.15) is 10.7 Å². The molecule has 0 amide bonds. The predicted octanol–water partition coefficient (Wildman–Crippen LogP) is 1.70. The standard InChI is InChI=1S/C9H8ClN3O3/c1-11-4-3-5(10)12-7-6(4)13-16-8(7)9(14)15-2/h3,11H,1-2H3/i1D3. The molecule has 0 bridgehead atoms. The summed E-state index contributed by atoms with van der Waals surface area (Å²) in [7, 11) is 1.17. The molecule has 2 aromatic heterocycles. The number of nitrogens with one attached hydrogen (secondary N) is 1. The van der Waals surface area contributed by atoms with Gasteiger partial charge in [0.15, 0.2) is 5.52 Å². The average molecular weight is 245 g/mol. The number of methoxy groups -OCH3 is 1. The molecule has 2 heterocycles. The highest BCUT2D eigenvalue weighted by molar-refractivity contribution is 6.30. The number of fused-ring (bicyclic) bond motifs is 1. The number of pyridine rings is 1. The van der Waals surface area contributed by atoms with Crippen LogP contribution in [0.15, 0.2) is 10.6 Å². The minimum atomic E-state index is -2.44. The van der Waals surface area contributed by atoms with Crippen LogP contribution in [0, 0.1) is 0 Å². The molecule has 0 aliphatic heterocycles. The van der Waals surface area contributed by atoms with Crippen molar-refractivity contribution in [3.63, 3.8) is 0 Å². The molecule has 0 fully saturated rings. The lowest BCUT2D eigenvalue weighted by atomic mass is 10.3. The number of halogens is 1. The summed E-state index contributed by atoms with van der Waals surface area (Å²) < 4.78 is 30.8. The van der Waals surface area contributed by atoms with Gasteiger partial charge in [-0.2, -0.15) is 0 Å². The second-order valence-corrected chi connectivity index (χ2v) is 3.21. The molecule has 16 heavy (non-hydrogen) atoms. The molecular weight excluding hydrogens is 234 g/mol. The van der Waals surface area contributed by atoms with Crippen molar-refractivity contribution in [2.45, 2.75) is 0 Å². The van der Waals surface area contributed by atoms with Crippen molar-refractivity contribution in [3.05, 3.63) is 17.0 Å². The first kappa shape index (κ1) is 7.45. The molecule has 0 aliphatic carbocycles. The number of aromatic nitrogens is 2. The third-order valence-electron chi connectivity index (χ3n) is 1.91. The molecule has 0 unspecified atom stereocenters. The Morgan fingerprint density at radius 1 is 1.69 bits per heavy atom. The van der Waals surface area contributed by atoms with E-state index in [4.69, 9.17) is 20.2 Å². The summed E-state index contributed by atoms with van der Waals surface area (Å²) in [6.45, 7) is -2.44. The summed E-state index contributed by atoms with van der Waals surface area (Å²) in [5.41, 5.74) is 0.209. The van der Waals surface area contributed by atoms with Crippen molar-refractivity contribution in [2.75, 3.05) is 19.4 Å². The lowest BCUT2D eigenvalue weighted by molar-refractivity contribution is 0.0557. The van der Waals surface area contributed by atoms with Gasteiger partial charge in [-0.25, -0.2) is 9.78 Å².